The number of carbonyl (C=O) groups is 1. The number of nitrogens with zero attached hydrogens (tertiary/aromatic N) is 2. The second kappa shape index (κ2) is 8.22. The van der Waals surface area contributed by atoms with Gasteiger partial charge >= 0.3 is 0 Å². The van der Waals surface area contributed by atoms with E-state index >= 15 is 0 Å². The minimum Gasteiger partial charge on any atom is -0.325 e. The van der Waals surface area contributed by atoms with Gasteiger partial charge in [-0.1, -0.05) is 29.8 Å². The Balaban J connectivity index is 2.08. The zero-order chi connectivity index (χ0) is 20.3. The van der Waals surface area contributed by atoms with E-state index in [1.165, 1.54) is 11.2 Å². The summed E-state index contributed by atoms with van der Waals surface area (Å²) < 4.78 is 25.4. The number of thiol groups is 1. The van der Waals surface area contributed by atoms with Gasteiger partial charge in [0.1, 0.15) is 0 Å². The fraction of sp³-hybridized carbons (Fsp3) is 0.143. The van der Waals surface area contributed by atoms with Crippen molar-refractivity contribution in [3.63, 3.8) is 0 Å². The van der Waals surface area contributed by atoms with Gasteiger partial charge in [-0.25, -0.2) is 12.7 Å². The van der Waals surface area contributed by atoms with Crippen molar-refractivity contribution in [1.82, 2.24) is 4.98 Å². The highest BCUT2D eigenvalue weighted by Gasteiger charge is 2.15. The zero-order valence-corrected chi connectivity index (χ0v) is 16.7. The molecule has 1 N–H and O–H groups in total. The topological polar surface area (TPSA) is 79.4 Å². The summed E-state index contributed by atoms with van der Waals surface area (Å²) in [4.78, 5) is 15.5. The Bertz CT molecular complexity index is 1080. The van der Waals surface area contributed by atoms with Crippen LogP contribution in [0, 0.1) is 13.8 Å². The van der Waals surface area contributed by atoms with Crippen LogP contribution >= 0.6 is 0 Å². The average molecular weight is 395 g/mol. The van der Waals surface area contributed by atoms with E-state index in [1.54, 1.807) is 30.6 Å². The molecular formula is C21H21N3O3S. The van der Waals surface area contributed by atoms with Gasteiger partial charge in [0.2, 0.25) is 16.8 Å². The monoisotopic (exact) mass is 395 g/mol. The minimum atomic E-state index is -2.88. The molecule has 1 amide bonds. The standard InChI is InChI=1S/C21H21N3O3S/c1-14-4-8-20(9-5-14)24(28(26)27)21-11-17(7-6-15(21)2)18-10-19(13-22-12-18)23-16(3)25/h4-13,28H,1-3H3,(H,23,25). The summed E-state index contributed by atoms with van der Waals surface area (Å²) in [5.74, 6) is -0.183. The van der Waals surface area contributed by atoms with Crippen LogP contribution in [0.4, 0.5) is 17.1 Å². The first-order chi connectivity index (χ1) is 13.3. The Morgan fingerprint density at radius 3 is 2.32 bits per heavy atom. The maximum Gasteiger partial charge on any atom is 0.229 e. The van der Waals surface area contributed by atoms with Gasteiger partial charge in [-0.2, -0.15) is 0 Å². The summed E-state index contributed by atoms with van der Waals surface area (Å²) in [5.41, 5.74) is 5.18. The molecule has 28 heavy (non-hydrogen) atoms. The van der Waals surface area contributed by atoms with Crippen LogP contribution in [-0.4, -0.2) is 19.3 Å². The molecule has 6 nitrogen and oxygen atoms in total. The Kier molecular flexibility index (Phi) is 5.75. The smallest absolute Gasteiger partial charge is 0.229 e. The van der Waals surface area contributed by atoms with E-state index in [2.05, 4.69) is 10.3 Å². The van der Waals surface area contributed by atoms with Gasteiger partial charge in [0.25, 0.3) is 0 Å². The van der Waals surface area contributed by atoms with Crippen LogP contribution in [0.15, 0.2) is 60.9 Å². The summed E-state index contributed by atoms with van der Waals surface area (Å²) in [6.07, 6.45) is 3.24. The minimum absolute atomic E-state index is 0.183. The van der Waals surface area contributed by atoms with Crippen molar-refractivity contribution in [2.45, 2.75) is 20.8 Å². The maximum absolute atomic E-state index is 12.1. The van der Waals surface area contributed by atoms with Crippen molar-refractivity contribution >= 4 is 33.9 Å². The Hall–Kier alpha value is -3.19. The van der Waals surface area contributed by atoms with Crippen LogP contribution in [0.25, 0.3) is 11.1 Å². The third-order valence-electron chi connectivity index (χ3n) is 4.27. The molecule has 0 fully saturated rings. The second-order valence-electron chi connectivity index (χ2n) is 6.53. The molecule has 0 saturated heterocycles. The van der Waals surface area contributed by atoms with Gasteiger partial charge < -0.3 is 5.32 Å². The summed E-state index contributed by atoms with van der Waals surface area (Å²) in [6.45, 7) is 5.25. The first-order valence-corrected chi connectivity index (χ1v) is 9.83. The molecule has 144 valence electrons. The molecule has 2 aromatic carbocycles. The molecule has 0 spiro atoms. The molecule has 1 heterocycles. The highest BCUT2D eigenvalue weighted by atomic mass is 32.2. The second-order valence-corrected chi connectivity index (χ2v) is 7.41. The molecule has 0 bridgehead atoms. The Labute approximate surface area is 165 Å². The van der Waals surface area contributed by atoms with Crippen LogP contribution in [0.5, 0.6) is 0 Å². The number of amides is 1. The van der Waals surface area contributed by atoms with Gasteiger partial charge in [-0.05, 0) is 49.2 Å². The van der Waals surface area contributed by atoms with Crippen molar-refractivity contribution in [2.24, 2.45) is 0 Å². The summed E-state index contributed by atoms with van der Waals surface area (Å²) >= 11 is 0. The first kappa shape index (κ1) is 19.6. The number of benzene rings is 2. The SMILES string of the molecule is CC(=O)Nc1cncc(-c2ccc(C)c(N(c3ccc(C)cc3)[SH](=O)=O)c2)c1. The molecule has 0 aliphatic heterocycles. The predicted molar refractivity (Wildman–Crippen MR) is 112 cm³/mol. The van der Waals surface area contributed by atoms with Crippen molar-refractivity contribution in [2.75, 3.05) is 9.62 Å². The summed E-state index contributed by atoms with van der Waals surface area (Å²) in [6, 6.07) is 14.7. The molecule has 0 saturated carbocycles. The van der Waals surface area contributed by atoms with Crippen molar-refractivity contribution in [1.29, 1.82) is 0 Å². The van der Waals surface area contributed by atoms with Gasteiger partial charge in [-0.3, -0.25) is 9.78 Å². The number of aromatic nitrogens is 1. The summed E-state index contributed by atoms with van der Waals surface area (Å²) in [5, 5.41) is 2.70. The van der Waals surface area contributed by atoms with Crippen molar-refractivity contribution in [3.8, 4) is 11.1 Å². The third kappa shape index (κ3) is 4.37. The lowest BCUT2D eigenvalue weighted by Crippen LogP contribution is -2.15. The molecule has 0 aliphatic rings. The number of carbonyl (C=O) groups excluding carboxylic acids is 1. The van der Waals surface area contributed by atoms with Gasteiger partial charge in [0.05, 0.1) is 23.3 Å². The number of nitrogens with one attached hydrogen (secondary N) is 1. The maximum atomic E-state index is 12.1. The number of anilines is 3. The largest absolute Gasteiger partial charge is 0.325 e. The molecule has 3 rings (SSSR count). The Morgan fingerprint density at radius 1 is 0.964 bits per heavy atom. The fourth-order valence-corrected chi connectivity index (χ4v) is 3.61. The predicted octanol–water partition coefficient (Wildman–Crippen LogP) is 3.99. The molecule has 3 aromatic rings. The lowest BCUT2D eigenvalue weighted by molar-refractivity contribution is -0.114. The van der Waals surface area contributed by atoms with E-state index in [9.17, 15) is 13.2 Å². The summed E-state index contributed by atoms with van der Waals surface area (Å²) in [7, 11) is -2.88. The van der Waals surface area contributed by atoms with Gasteiger partial charge in [-0.15, -0.1) is 0 Å². The van der Waals surface area contributed by atoms with E-state index in [1.807, 2.05) is 44.2 Å². The van der Waals surface area contributed by atoms with Crippen molar-refractivity contribution in [3.05, 3.63) is 72.1 Å². The third-order valence-corrected chi connectivity index (χ3v) is 5.04. The average Bonchev–Trinajstić information content (AvgIpc) is 2.64. The molecule has 0 unspecified atom stereocenters. The first-order valence-electron chi connectivity index (χ1n) is 8.70. The highest BCUT2D eigenvalue weighted by molar-refractivity contribution is 7.74. The highest BCUT2D eigenvalue weighted by Crippen LogP contribution is 2.33. The fourth-order valence-electron chi connectivity index (χ4n) is 2.89. The molecule has 7 heteroatoms. The van der Waals surface area contributed by atoms with Crippen LogP contribution in [-0.2, 0) is 15.7 Å². The Morgan fingerprint density at radius 2 is 1.68 bits per heavy atom. The number of pyridine rings is 1. The van der Waals surface area contributed by atoms with E-state index in [0.717, 1.165) is 22.3 Å². The zero-order valence-electron chi connectivity index (χ0n) is 15.8. The number of aryl methyl sites for hydroxylation is 2. The van der Waals surface area contributed by atoms with Crippen LogP contribution in [0.2, 0.25) is 0 Å². The molecule has 0 radical (unpaired) electrons. The van der Waals surface area contributed by atoms with E-state index in [4.69, 9.17) is 0 Å². The van der Waals surface area contributed by atoms with E-state index in [-0.39, 0.29) is 5.91 Å². The quantitative estimate of drug-likeness (QED) is 0.640. The molecule has 0 atom stereocenters. The van der Waals surface area contributed by atoms with E-state index in [0.29, 0.717) is 17.1 Å². The number of rotatable bonds is 5. The van der Waals surface area contributed by atoms with E-state index < -0.39 is 10.9 Å². The normalized spacial score (nSPS) is 10.7. The number of hydrogen-bond donors (Lipinski definition) is 2. The van der Waals surface area contributed by atoms with Crippen LogP contribution in [0.3, 0.4) is 0 Å². The lowest BCUT2D eigenvalue weighted by Gasteiger charge is -2.21. The van der Waals surface area contributed by atoms with Crippen molar-refractivity contribution < 1.29 is 13.2 Å². The van der Waals surface area contributed by atoms with Crippen LogP contribution in [0.1, 0.15) is 18.1 Å². The number of hydrogen-bond acceptors (Lipinski definition) is 4. The molecule has 1 aromatic heterocycles. The lowest BCUT2D eigenvalue weighted by atomic mass is 10.0. The van der Waals surface area contributed by atoms with Crippen LogP contribution < -0.4 is 9.62 Å². The van der Waals surface area contributed by atoms with Gasteiger partial charge in [0, 0.05) is 18.7 Å². The molecule has 0 aliphatic carbocycles. The molecular weight excluding hydrogens is 374 g/mol. The van der Waals surface area contributed by atoms with Gasteiger partial charge in [0.15, 0.2) is 0 Å².